The molecular weight excluding hydrogens is 416 g/mol. The van der Waals surface area contributed by atoms with Crippen molar-refractivity contribution in [3.05, 3.63) is 96.7 Å². The number of nitrogens with one attached hydrogen (secondary N) is 3. The quantitative estimate of drug-likeness (QED) is 0.346. The first-order valence-electron chi connectivity index (χ1n) is 10.8. The molecule has 0 aliphatic carbocycles. The summed E-state index contributed by atoms with van der Waals surface area (Å²) in [5.74, 6) is -0.360. The van der Waals surface area contributed by atoms with E-state index in [1.165, 1.54) is 0 Å². The van der Waals surface area contributed by atoms with Crippen LogP contribution in [-0.2, 0) is 16.0 Å². The van der Waals surface area contributed by atoms with E-state index in [4.69, 9.17) is 4.74 Å². The number of alkyl carbamates (subject to hydrolysis) is 1. The molecular formula is C26H26N4O3. The zero-order valence-electron chi connectivity index (χ0n) is 18.3. The lowest BCUT2D eigenvalue weighted by Crippen LogP contribution is -2.52. The predicted octanol–water partition coefficient (Wildman–Crippen LogP) is 4.69. The van der Waals surface area contributed by atoms with Gasteiger partial charge in [0.05, 0.1) is 18.0 Å². The van der Waals surface area contributed by atoms with E-state index in [1.54, 1.807) is 11.9 Å². The minimum absolute atomic E-state index is 0.216. The highest BCUT2D eigenvalue weighted by Crippen LogP contribution is 2.23. The third kappa shape index (κ3) is 5.33. The molecule has 2 amide bonds. The number of hydrogen-bond donors (Lipinski definition) is 3. The number of rotatable bonds is 8. The number of carbonyl (C=O) groups is 2. The summed E-state index contributed by atoms with van der Waals surface area (Å²) in [4.78, 5) is 28.9. The largest absolute Gasteiger partial charge is 0.450 e. The van der Waals surface area contributed by atoms with Crippen molar-refractivity contribution in [3.63, 3.8) is 0 Å². The summed E-state index contributed by atoms with van der Waals surface area (Å²) in [5.41, 5.74) is 6.45. The molecule has 7 nitrogen and oxygen atoms in total. The number of aromatic amines is 1. The summed E-state index contributed by atoms with van der Waals surface area (Å²) in [6, 6.07) is 26.0. The second kappa shape index (κ2) is 10.4. The second-order valence-electron chi connectivity index (χ2n) is 7.46. The van der Waals surface area contributed by atoms with Gasteiger partial charge in [-0.25, -0.2) is 4.79 Å². The van der Waals surface area contributed by atoms with Crippen LogP contribution in [0.5, 0.6) is 0 Å². The molecule has 4 aromatic rings. The molecule has 7 heteroatoms. The molecule has 0 radical (unpaired) electrons. The third-order valence-electron chi connectivity index (χ3n) is 5.23. The van der Waals surface area contributed by atoms with Crippen molar-refractivity contribution in [2.75, 3.05) is 11.6 Å². The molecule has 0 aliphatic heterocycles. The monoisotopic (exact) mass is 442 g/mol. The lowest BCUT2D eigenvalue weighted by Gasteiger charge is -2.28. The molecule has 0 saturated heterocycles. The van der Waals surface area contributed by atoms with E-state index in [-0.39, 0.29) is 12.5 Å². The van der Waals surface area contributed by atoms with Gasteiger partial charge in [0.1, 0.15) is 6.04 Å². The Morgan fingerprint density at radius 3 is 2.15 bits per heavy atom. The molecule has 0 unspecified atom stereocenters. The van der Waals surface area contributed by atoms with Gasteiger partial charge in [0.25, 0.3) is 5.91 Å². The number of para-hydroxylation sites is 3. The summed E-state index contributed by atoms with van der Waals surface area (Å²) < 4.78 is 5.05. The van der Waals surface area contributed by atoms with E-state index in [0.29, 0.717) is 6.42 Å². The smallest absolute Gasteiger partial charge is 0.407 e. The van der Waals surface area contributed by atoms with Crippen LogP contribution in [-0.4, -0.2) is 29.6 Å². The molecule has 0 bridgehead atoms. The highest BCUT2D eigenvalue weighted by atomic mass is 16.5. The number of hydrazine groups is 1. The Kier molecular flexibility index (Phi) is 6.90. The normalized spacial score (nSPS) is 11.5. The number of H-pyrrole nitrogens is 1. The number of nitrogens with zero attached hydrogens (tertiary/aromatic N) is 1. The Hall–Kier alpha value is -4.26. The van der Waals surface area contributed by atoms with Crippen molar-refractivity contribution >= 4 is 34.3 Å². The number of ether oxygens (including phenoxy) is 1. The van der Waals surface area contributed by atoms with Gasteiger partial charge in [-0.2, -0.15) is 0 Å². The summed E-state index contributed by atoms with van der Waals surface area (Å²) in [5, 5.41) is 5.42. The van der Waals surface area contributed by atoms with Crippen LogP contribution >= 0.6 is 0 Å². The van der Waals surface area contributed by atoms with Gasteiger partial charge in [-0.05, 0) is 42.8 Å². The van der Waals surface area contributed by atoms with Crippen LogP contribution in [0.3, 0.4) is 0 Å². The summed E-state index contributed by atoms with van der Waals surface area (Å²) >= 11 is 0. The number of anilines is 2. The van der Waals surface area contributed by atoms with Crippen molar-refractivity contribution in [3.8, 4) is 0 Å². The molecule has 0 fully saturated rings. The first-order valence-corrected chi connectivity index (χ1v) is 10.8. The maximum atomic E-state index is 13.5. The van der Waals surface area contributed by atoms with Gasteiger partial charge in [0.2, 0.25) is 0 Å². The molecule has 0 saturated carbocycles. The van der Waals surface area contributed by atoms with Crippen molar-refractivity contribution in [1.29, 1.82) is 0 Å². The number of carbonyl (C=O) groups excluding carboxylic acids is 2. The van der Waals surface area contributed by atoms with Gasteiger partial charge >= 0.3 is 6.09 Å². The predicted molar refractivity (Wildman–Crippen MR) is 129 cm³/mol. The number of hydrogen-bond acceptors (Lipinski definition) is 4. The number of fused-ring (bicyclic) bond motifs is 1. The fourth-order valence-corrected chi connectivity index (χ4v) is 3.67. The zero-order valence-corrected chi connectivity index (χ0v) is 18.3. The van der Waals surface area contributed by atoms with Crippen LogP contribution in [0.4, 0.5) is 16.2 Å². The van der Waals surface area contributed by atoms with Gasteiger partial charge in [0, 0.05) is 23.5 Å². The average Bonchev–Trinajstić information content (AvgIpc) is 3.26. The van der Waals surface area contributed by atoms with Crippen LogP contribution in [0.2, 0.25) is 0 Å². The SMILES string of the molecule is CCOC(=O)N[C@H](Cc1c[nH]c2ccccc12)C(=O)NN(c1ccccc1)c1ccccc1. The second-order valence-corrected chi connectivity index (χ2v) is 7.46. The minimum atomic E-state index is -0.849. The first kappa shape index (κ1) is 22.0. The number of aromatic nitrogens is 1. The van der Waals surface area contributed by atoms with Gasteiger partial charge in [0.15, 0.2) is 0 Å². The summed E-state index contributed by atoms with van der Waals surface area (Å²) in [7, 11) is 0. The molecule has 4 rings (SSSR count). The van der Waals surface area contributed by atoms with E-state index in [1.807, 2.05) is 91.1 Å². The van der Waals surface area contributed by atoms with Crippen molar-refractivity contribution < 1.29 is 14.3 Å². The minimum Gasteiger partial charge on any atom is -0.450 e. The van der Waals surface area contributed by atoms with Crippen molar-refractivity contribution in [1.82, 2.24) is 15.7 Å². The van der Waals surface area contributed by atoms with E-state index in [9.17, 15) is 9.59 Å². The average molecular weight is 443 g/mol. The van der Waals surface area contributed by atoms with Crippen LogP contribution in [0.1, 0.15) is 12.5 Å². The van der Waals surface area contributed by atoms with Gasteiger partial charge in [-0.1, -0.05) is 54.6 Å². The van der Waals surface area contributed by atoms with Crippen LogP contribution < -0.4 is 15.8 Å². The van der Waals surface area contributed by atoms with Gasteiger partial charge in [-0.3, -0.25) is 15.2 Å². The Labute approximate surface area is 192 Å². The molecule has 3 aromatic carbocycles. The van der Waals surface area contributed by atoms with Gasteiger partial charge in [-0.15, -0.1) is 0 Å². The maximum Gasteiger partial charge on any atom is 0.407 e. The fourth-order valence-electron chi connectivity index (χ4n) is 3.67. The van der Waals surface area contributed by atoms with Crippen LogP contribution in [0, 0.1) is 0 Å². The van der Waals surface area contributed by atoms with E-state index >= 15 is 0 Å². The van der Waals surface area contributed by atoms with E-state index in [0.717, 1.165) is 27.8 Å². The molecule has 33 heavy (non-hydrogen) atoms. The van der Waals surface area contributed by atoms with E-state index in [2.05, 4.69) is 15.7 Å². The molecule has 1 heterocycles. The number of amides is 2. The topological polar surface area (TPSA) is 86.5 Å². The summed E-state index contributed by atoms with van der Waals surface area (Å²) in [6.45, 7) is 1.94. The fraction of sp³-hybridized carbons (Fsp3) is 0.154. The van der Waals surface area contributed by atoms with E-state index < -0.39 is 12.1 Å². The lowest BCUT2D eigenvalue weighted by molar-refractivity contribution is -0.123. The lowest BCUT2D eigenvalue weighted by atomic mass is 10.0. The van der Waals surface area contributed by atoms with Crippen LogP contribution in [0.15, 0.2) is 91.1 Å². The molecule has 3 N–H and O–H groups in total. The Morgan fingerprint density at radius 1 is 0.909 bits per heavy atom. The number of benzene rings is 3. The summed E-state index contributed by atoms with van der Waals surface area (Å²) in [6.07, 6.45) is 1.53. The Morgan fingerprint density at radius 2 is 1.52 bits per heavy atom. The Balaban J connectivity index is 1.62. The molecule has 0 aliphatic rings. The van der Waals surface area contributed by atoms with Crippen molar-refractivity contribution in [2.24, 2.45) is 0 Å². The molecule has 168 valence electrons. The highest BCUT2D eigenvalue weighted by Gasteiger charge is 2.25. The molecule has 0 spiro atoms. The maximum absolute atomic E-state index is 13.5. The third-order valence-corrected chi connectivity index (χ3v) is 5.23. The standard InChI is InChI=1S/C26H26N4O3/c1-2-33-26(32)28-24(17-19-18-27-23-16-10-9-15-22(19)23)25(31)29-30(20-11-5-3-6-12-20)21-13-7-4-8-14-21/h3-16,18,24,27H,2,17H2,1H3,(H,28,32)(H,29,31)/t24-/m1/s1. The first-order chi connectivity index (χ1) is 16.2. The zero-order chi connectivity index (χ0) is 23.0. The molecule has 1 aromatic heterocycles. The van der Waals surface area contributed by atoms with Gasteiger partial charge < -0.3 is 15.0 Å². The highest BCUT2D eigenvalue weighted by molar-refractivity contribution is 5.90. The van der Waals surface area contributed by atoms with Crippen molar-refractivity contribution in [2.45, 2.75) is 19.4 Å². The molecule has 1 atom stereocenters. The Bertz CT molecular complexity index is 1170. The van der Waals surface area contributed by atoms with Crippen LogP contribution in [0.25, 0.3) is 10.9 Å².